The second-order valence-electron chi connectivity index (χ2n) is 11.7. The fourth-order valence-corrected chi connectivity index (χ4v) is 6.41. The van der Waals surface area contributed by atoms with E-state index in [0.29, 0.717) is 17.5 Å². The Kier molecular flexibility index (Phi) is 6.72. The topological polar surface area (TPSA) is 64.5 Å². The molecule has 0 radical (unpaired) electrons. The zero-order valence-electron chi connectivity index (χ0n) is 25.8. The second-order valence-corrected chi connectivity index (χ2v) is 11.7. The van der Waals surface area contributed by atoms with Gasteiger partial charge in [0.05, 0.1) is 16.7 Å². The number of fused-ring (bicyclic) bond motifs is 4. The van der Waals surface area contributed by atoms with E-state index in [0.717, 1.165) is 71.7 Å². The minimum Gasteiger partial charge on any atom is -0.254 e. The van der Waals surface area contributed by atoms with Gasteiger partial charge in [0.25, 0.3) is 0 Å². The molecule has 0 saturated carbocycles. The van der Waals surface area contributed by atoms with Gasteiger partial charge in [-0.3, -0.25) is 4.98 Å². The number of rotatable bonds is 5. The first-order valence-electron chi connectivity index (χ1n) is 15.9. The van der Waals surface area contributed by atoms with Gasteiger partial charge < -0.3 is 0 Å². The van der Waals surface area contributed by atoms with Crippen LogP contribution in [-0.4, -0.2) is 24.9 Å². The molecule has 0 N–H and O–H groups in total. The predicted molar refractivity (Wildman–Crippen MR) is 195 cm³/mol. The van der Waals surface area contributed by atoms with Crippen molar-refractivity contribution in [2.24, 2.45) is 0 Å². The van der Waals surface area contributed by atoms with E-state index in [2.05, 4.69) is 96.0 Å². The second kappa shape index (κ2) is 11.6. The maximum Gasteiger partial charge on any atom is 0.164 e. The van der Waals surface area contributed by atoms with Gasteiger partial charge in [-0.1, -0.05) is 140 Å². The average molecular weight is 614 g/mol. The molecule has 0 saturated heterocycles. The van der Waals surface area contributed by atoms with Crippen molar-refractivity contribution < 1.29 is 0 Å². The Morgan fingerprint density at radius 1 is 0.333 bits per heavy atom. The van der Waals surface area contributed by atoms with Crippen LogP contribution in [0.3, 0.4) is 0 Å². The van der Waals surface area contributed by atoms with Crippen molar-refractivity contribution in [3.63, 3.8) is 0 Å². The molecule has 48 heavy (non-hydrogen) atoms. The number of nitrogens with zero attached hydrogens (tertiary/aromatic N) is 5. The molecular weight excluding hydrogens is 587 g/mol. The van der Waals surface area contributed by atoms with Gasteiger partial charge in [0.2, 0.25) is 0 Å². The first-order valence-corrected chi connectivity index (χ1v) is 15.9. The molecule has 0 bridgehead atoms. The van der Waals surface area contributed by atoms with Crippen molar-refractivity contribution >= 4 is 32.6 Å². The van der Waals surface area contributed by atoms with Crippen LogP contribution in [0.4, 0.5) is 0 Å². The van der Waals surface area contributed by atoms with Crippen molar-refractivity contribution in [1.29, 1.82) is 0 Å². The molecule has 0 aliphatic carbocycles. The fraction of sp³-hybridized carbons (Fsp3) is 0. The summed E-state index contributed by atoms with van der Waals surface area (Å²) < 4.78 is 0. The average Bonchev–Trinajstić information content (AvgIpc) is 3.18. The smallest absolute Gasteiger partial charge is 0.164 e. The first kappa shape index (κ1) is 27.7. The molecule has 0 aliphatic heterocycles. The van der Waals surface area contributed by atoms with Crippen molar-refractivity contribution in [3.05, 3.63) is 164 Å². The first-order chi connectivity index (χ1) is 23.8. The third-order valence-electron chi connectivity index (χ3n) is 8.76. The Hall–Kier alpha value is -6.59. The molecule has 224 valence electrons. The van der Waals surface area contributed by atoms with Crippen LogP contribution in [-0.2, 0) is 0 Å². The third kappa shape index (κ3) is 4.95. The van der Waals surface area contributed by atoms with E-state index in [9.17, 15) is 0 Å². The van der Waals surface area contributed by atoms with E-state index in [4.69, 9.17) is 19.9 Å². The van der Waals surface area contributed by atoms with Crippen LogP contribution in [0.5, 0.6) is 0 Å². The molecule has 0 aliphatic rings. The quantitative estimate of drug-likeness (QED) is 0.181. The summed E-state index contributed by atoms with van der Waals surface area (Å²) in [7, 11) is 0. The lowest BCUT2D eigenvalue weighted by Gasteiger charge is -2.13. The van der Waals surface area contributed by atoms with E-state index in [-0.39, 0.29) is 0 Å². The number of aromatic nitrogens is 5. The Morgan fingerprint density at radius 2 is 0.875 bits per heavy atom. The van der Waals surface area contributed by atoms with Crippen molar-refractivity contribution in [3.8, 4) is 56.5 Å². The van der Waals surface area contributed by atoms with E-state index in [1.807, 2.05) is 72.9 Å². The highest BCUT2D eigenvalue weighted by atomic mass is 15.0. The number of hydrogen-bond donors (Lipinski definition) is 0. The summed E-state index contributed by atoms with van der Waals surface area (Å²) in [6, 6.07) is 54.0. The molecule has 5 nitrogen and oxygen atoms in total. The fourth-order valence-electron chi connectivity index (χ4n) is 6.41. The summed E-state index contributed by atoms with van der Waals surface area (Å²) in [6.07, 6.45) is 1.83. The molecule has 5 heteroatoms. The van der Waals surface area contributed by atoms with E-state index in [1.165, 1.54) is 0 Å². The number of hydrogen-bond acceptors (Lipinski definition) is 5. The normalized spacial score (nSPS) is 11.3. The predicted octanol–water partition coefficient (Wildman–Crippen LogP) is 10.5. The summed E-state index contributed by atoms with van der Waals surface area (Å²) in [5.74, 6) is 1.92. The van der Waals surface area contributed by atoms with Gasteiger partial charge in [-0.15, -0.1) is 0 Å². The lowest BCUT2D eigenvalue weighted by molar-refractivity contribution is 1.07. The summed E-state index contributed by atoms with van der Waals surface area (Å²) >= 11 is 0. The van der Waals surface area contributed by atoms with Crippen LogP contribution in [0.25, 0.3) is 89.1 Å². The maximum atomic E-state index is 5.16. The SMILES string of the molecule is c1ccc(-c2nc(-c3ccccc3)nc(-c3cccc(-c4ccc(-c5ccc6ccc7cccnc7c6n5)c5ccccc45)c3)n2)cc1. The molecular formula is C43H27N5. The summed E-state index contributed by atoms with van der Waals surface area (Å²) in [5, 5.41) is 4.44. The highest BCUT2D eigenvalue weighted by Crippen LogP contribution is 2.37. The molecule has 0 unspecified atom stereocenters. The Labute approximate surface area is 277 Å². The van der Waals surface area contributed by atoms with Crippen molar-refractivity contribution in [2.75, 3.05) is 0 Å². The molecule has 3 heterocycles. The lowest BCUT2D eigenvalue weighted by atomic mass is 9.93. The number of benzene rings is 6. The van der Waals surface area contributed by atoms with Gasteiger partial charge in [-0.25, -0.2) is 19.9 Å². The minimum atomic E-state index is 0.631. The third-order valence-corrected chi connectivity index (χ3v) is 8.76. The summed E-state index contributed by atoms with van der Waals surface area (Å²) in [6.45, 7) is 0. The molecule has 3 aromatic heterocycles. The molecule has 9 rings (SSSR count). The molecule has 0 atom stereocenters. The zero-order valence-corrected chi connectivity index (χ0v) is 25.8. The van der Waals surface area contributed by atoms with Crippen molar-refractivity contribution in [1.82, 2.24) is 24.9 Å². The highest BCUT2D eigenvalue weighted by molar-refractivity contribution is 6.07. The Balaban J connectivity index is 1.17. The summed E-state index contributed by atoms with van der Waals surface area (Å²) in [4.78, 5) is 24.6. The van der Waals surface area contributed by atoms with Crippen molar-refractivity contribution in [2.45, 2.75) is 0 Å². The Bertz CT molecular complexity index is 2560. The Morgan fingerprint density at radius 3 is 1.58 bits per heavy atom. The summed E-state index contributed by atoms with van der Waals surface area (Å²) in [5.41, 5.74) is 8.86. The van der Waals surface area contributed by atoms with Crippen LogP contribution >= 0.6 is 0 Å². The van der Waals surface area contributed by atoms with Gasteiger partial charge in [-0.05, 0) is 40.1 Å². The van der Waals surface area contributed by atoms with E-state index in [1.54, 1.807) is 0 Å². The largest absolute Gasteiger partial charge is 0.254 e. The highest BCUT2D eigenvalue weighted by Gasteiger charge is 2.15. The molecule has 0 amide bonds. The standard InChI is InChI=1S/C43H27N5/c1-3-11-30(12-4-1)41-46-42(31-13-5-2-6-14-31)48-43(47-41)33-16-9-15-32(27-33)34-23-24-37(36-19-8-7-18-35(34)36)38-25-22-29-21-20-28-17-10-26-44-39(28)40(29)45-38/h1-27H. The minimum absolute atomic E-state index is 0.631. The van der Waals surface area contributed by atoms with Crippen LogP contribution in [0.15, 0.2) is 164 Å². The van der Waals surface area contributed by atoms with Gasteiger partial charge in [0, 0.05) is 39.2 Å². The van der Waals surface area contributed by atoms with Crippen LogP contribution in [0.2, 0.25) is 0 Å². The van der Waals surface area contributed by atoms with Crippen LogP contribution in [0.1, 0.15) is 0 Å². The number of pyridine rings is 2. The van der Waals surface area contributed by atoms with Gasteiger partial charge in [-0.2, -0.15) is 0 Å². The van der Waals surface area contributed by atoms with Gasteiger partial charge >= 0.3 is 0 Å². The molecule has 9 aromatic rings. The van der Waals surface area contributed by atoms with Gasteiger partial charge in [0.1, 0.15) is 0 Å². The van der Waals surface area contributed by atoms with E-state index >= 15 is 0 Å². The molecule has 6 aromatic carbocycles. The van der Waals surface area contributed by atoms with E-state index < -0.39 is 0 Å². The maximum absolute atomic E-state index is 5.16. The van der Waals surface area contributed by atoms with Crippen LogP contribution < -0.4 is 0 Å². The molecule has 0 spiro atoms. The zero-order chi connectivity index (χ0) is 31.9. The molecule has 0 fully saturated rings. The monoisotopic (exact) mass is 613 g/mol. The van der Waals surface area contributed by atoms with Gasteiger partial charge in [0.15, 0.2) is 17.5 Å². The lowest BCUT2D eigenvalue weighted by Crippen LogP contribution is -2.00. The van der Waals surface area contributed by atoms with Crippen LogP contribution in [0, 0.1) is 0 Å².